The normalized spacial score (nSPS) is 14.6. The number of carbonyl (C=O) groups excluding carboxylic acids is 2. The molecule has 0 spiro atoms. The van der Waals surface area contributed by atoms with Gasteiger partial charge in [0.05, 0.1) is 16.1 Å². The molecule has 1 aliphatic heterocycles. The first-order chi connectivity index (χ1) is 10.8. The van der Waals surface area contributed by atoms with Gasteiger partial charge >= 0.3 is 0 Å². The third kappa shape index (κ3) is 3.18. The SMILES string of the molecule is O=C(Nc1ccccc1C(=O)N1CCNCC1)c1cccs1. The fraction of sp³-hybridized carbons (Fsp3) is 0.250. The Labute approximate surface area is 132 Å². The maximum Gasteiger partial charge on any atom is 0.265 e. The zero-order valence-corrected chi connectivity index (χ0v) is 12.9. The third-order valence-corrected chi connectivity index (χ3v) is 4.42. The van der Waals surface area contributed by atoms with Crippen LogP contribution < -0.4 is 10.6 Å². The lowest BCUT2D eigenvalue weighted by Crippen LogP contribution is -2.46. The van der Waals surface area contributed by atoms with Gasteiger partial charge in [-0.05, 0) is 23.6 Å². The van der Waals surface area contributed by atoms with Crippen molar-refractivity contribution in [2.75, 3.05) is 31.5 Å². The number of hydrogen-bond acceptors (Lipinski definition) is 4. The lowest BCUT2D eigenvalue weighted by molar-refractivity contribution is 0.0737. The fourth-order valence-corrected chi connectivity index (χ4v) is 3.03. The maximum atomic E-state index is 12.6. The van der Waals surface area contributed by atoms with E-state index in [9.17, 15) is 9.59 Å². The van der Waals surface area contributed by atoms with Crippen LogP contribution >= 0.6 is 11.3 Å². The van der Waals surface area contributed by atoms with E-state index in [1.807, 2.05) is 28.5 Å². The van der Waals surface area contributed by atoms with Gasteiger partial charge in [-0.2, -0.15) is 0 Å². The van der Waals surface area contributed by atoms with Crippen molar-refractivity contribution in [3.63, 3.8) is 0 Å². The molecule has 0 saturated carbocycles. The number of benzene rings is 1. The zero-order valence-electron chi connectivity index (χ0n) is 12.0. The molecule has 1 aromatic heterocycles. The molecule has 1 fully saturated rings. The van der Waals surface area contributed by atoms with E-state index in [2.05, 4.69) is 10.6 Å². The van der Waals surface area contributed by atoms with Crippen molar-refractivity contribution in [3.8, 4) is 0 Å². The molecule has 0 atom stereocenters. The molecule has 2 N–H and O–H groups in total. The molecule has 114 valence electrons. The molecule has 22 heavy (non-hydrogen) atoms. The van der Waals surface area contributed by atoms with Gasteiger partial charge in [0.15, 0.2) is 0 Å². The summed E-state index contributed by atoms with van der Waals surface area (Å²) in [6.07, 6.45) is 0. The van der Waals surface area contributed by atoms with Gasteiger partial charge in [0.2, 0.25) is 0 Å². The summed E-state index contributed by atoms with van der Waals surface area (Å²) >= 11 is 1.38. The zero-order chi connectivity index (χ0) is 15.4. The summed E-state index contributed by atoms with van der Waals surface area (Å²) < 4.78 is 0. The van der Waals surface area contributed by atoms with E-state index >= 15 is 0 Å². The molecule has 1 saturated heterocycles. The average Bonchev–Trinajstić information content (AvgIpc) is 3.10. The molecular weight excluding hydrogens is 298 g/mol. The number of thiophene rings is 1. The Morgan fingerprint density at radius 3 is 2.59 bits per heavy atom. The number of carbonyl (C=O) groups is 2. The molecule has 0 bridgehead atoms. The molecule has 2 aromatic rings. The summed E-state index contributed by atoms with van der Waals surface area (Å²) in [7, 11) is 0. The Kier molecular flexibility index (Phi) is 4.50. The molecule has 2 amide bonds. The number of para-hydroxylation sites is 1. The highest BCUT2D eigenvalue weighted by molar-refractivity contribution is 7.12. The molecule has 1 aromatic carbocycles. The van der Waals surface area contributed by atoms with Crippen LogP contribution in [0.15, 0.2) is 41.8 Å². The van der Waals surface area contributed by atoms with E-state index < -0.39 is 0 Å². The predicted octanol–water partition coefficient (Wildman–Crippen LogP) is 2.05. The van der Waals surface area contributed by atoms with Crippen LogP contribution in [0.5, 0.6) is 0 Å². The van der Waals surface area contributed by atoms with Crippen LogP contribution in [0.4, 0.5) is 5.69 Å². The second-order valence-electron chi connectivity index (χ2n) is 5.02. The van der Waals surface area contributed by atoms with Crippen molar-refractivity contribution in [2.45, 2.75) is 0 Å². The van der Waals surface area contributed by atoms with Crippen molar-refractivity contribution < 1.29 is 9.59 Å². The van der Waals surface area contributed by atoms with Gasteiger partial charge in [0, 0.05) is 26.2 Å². The summed E-state index contributed by atoms with van der Waals surface area (Å²) in [6, 6.07) is 10.8. The summed E-state index contributed by atoms with van der Waals surface area (Å²) in [5, 5.41) is 7.92. The molecule has 0 aliphatic carbocycles. The Bertz CT molecular complexity index is 664. The summed E-state index contributed by atoms with van der Waals surface area (Å²) in [5.74, 6) is -0.223. The standard InChI is InChI=1S/C16H17N3O2S/c20-15(14-6-3-11-22-14)18-13-5-2-1-4-12(13)16(21)19-9-7-17-8-10-19/h1-6,11,17H,7-10H2,(H,18,20). The Hall–Kier alpha value is -2.18. The molecule has 2 heterocycles. The molecule has 6 heteroatoms. The van der Waals surface area contributed by atoms with Crippen molar-refractivity contribution in [1.82, 2.24) is 10.2 Å². The average molecular weight is 315 g/mol. The van der Waals surface area contributed by atoms with Crippen molar-refractivity contribution in [2.24, 2.45) is 0 Å². The Morgan fingerprint density at radius 2 is 1.86 bits per heavy atom. The van der Waals surface area contributed by atoms with E-state index in [4.69, 9.17) is 0 Å². The number of rotatable bonds is 3. The maximum absolute atomic E-state index is 12.6. The third-order valence-electron chi connectivity index (χ3n) is 3.55. The van der Waals surface area contributed by atoms with Crippen LogP contribution in [-0.2, 0) is 0 Å². The van der Waals surface area contributed by atoms with Crippen LogP contribution in [0.1, 0.15) is 20.0 Å². The van der Waals surface area contributed by atoms with E-state index in [0.29, 0.717) is 29.2 Å². The van der Waals surface area contributed by atoms with Crippen molar-refractivity contribution >= 4 is 28.8 Å². The van der Waals surface area contributed by atoms with Crippen molar-refractivity contribution in [3.05, 3.63) is 52.2 Å². The predicted molar refractivity (Wildman–Crippen MR) is 87.5 cm³/mol. The lowest BCUT2D eigenvalue weighted by Gasteiger charge is -2.28. The number of nitrogens with zero attached hydrogens (tertiary/aromatic N) is 1. The smallest absolute Gasteiger partial charge is 0.265 e. The van der Waals surface area contributed by atoms with Crippen LogP contribution in [0.25, 0.3) is 0 Å². The molecule has 0 radical (unpaired) electrons. The van der Waals surface area contributed by atoms with Gasteiger partial charge in [0.1, 0.15) is 0 Å². The number of nitrogens with one attached hydrogen (secondary N) is 2. The first-order valence-corrected chi connectivity index (χ1v) is 8.07. The van der Waals surface area contributed by atoms with Crippen LogP contribution in [-0.4, -0.2) is 42.9 Å². The molecule has 3 rings (SSSR count). The number of piperazine rings is 1. The number of amides is 2. The topological polar surface area (TPSA) is 61.4 Å². The lowest BCUT2D eigenvalue weighted by atomic mass is 10.1. The Balaban J connectivity index is 1.80. The monoisotopic (exact) mass is 315 g/mol. The first-order valence-electron chi connectivity index (χ1n) is 7.19. The second kappa shape index (κ2) is 6.72. The first kappa shape index (κ1) is 14.7. The van der Waals surface area contributed by atoms with Crippen LogP contribution in [0.3, 0.4) is 0 Å². The molecule has 1 aliphatic rings. The molecule has 5 nitrogen and oxygen atoms in total. The Morgan fingerprint density at radius 1 is 1.09 bits per heavy atom. The largest absolute Gasteiger partial charge is 0.336 e. The summed E-state index contributed by atoms with van der Waals surface area (Å²) in [4.78, 5) is 27.3. The highest BCUT2D eigenvalue weighted by Gasteiger charge is 2.21. The highest BCUT2D eigenvalue weighted by Crippen LogP contribution is 2.19. The van der Waals surface area contributed by atoms with Gasteiger partial charge in [0.25, 0.3) is 11.8 Å². The van der Waals surface area contributed by atoms with E-state index in [1.54, 1.807) is 18.2 Å². The number of hydrogen-bond donors (Lipinski definition) is 2. The summed E-state index contributed by atoms with van der Waals surface area (Å²) in [5.41, 5.74) is 1.10. The molecule has 0 unspecified atom stereocenters. The van der Waals surface area contributed by atoms with Gasteiger partial charge < -0.3 is 15.5 Å². The fourth-order valence-electron chi connectivity index (χ4n) is 2.41. The second-order valence-corrected chi connectivity index (χ2v) is 5.97. The number of anilines is 1. The van der Waals surface area contributed by atoms with Gasteiger partial charge in [-0.25, -0.2) is 0 Å². The van der Waals surface area contributed by atoms with E-state index in [0.717, 1.165) is 13.1 Å². The van der Waals surface area contributed by atoms with Crippen LogP contribution in [0, 0.1) is 0 Å². The van der Waals surface area contributed by atoms with Gasteiger partial charge in [-0.15, -0.1) is 11.3 Å². The van der Waals surface area contributed by atoms with Gasteiger partial charge in [-0.3, -0.25) is 9.59 Å². The van der Waals surface area contributed by atoms with Gasteiger partial charge in [-0.1, -0.05) is 18.2 Å². The van der Waals surface area contributed by atoms with Crippen LogP contribution in [0.2, 0.25) is 0 Å². The highest BCUT2D eigenvalue weighted by atomic mass is 32.1. The minimum atomic E-state index is -0.185. The quantitative estimate of drug-likeness (QED) is 0.911. The molecular formula is C16H17N3O2S. The summed E-state index contributed by atoms with van der Waals surface area (Å²) in [6.45, 7) is 2.98. The van der Waals surface area contributed by atoms with E-state index in [1.165, 1.54) is 11.3 Å². The minimum absolute atomic E-state index is 0.0384. The van der Waals surface area contributed by atoms with E-state index in [-0.39, 0.29) is 11.8 Å². The minimum Gasteiger partial charge on any atom is -0.336 e. The van der Waals surface area contributed by atoms with Crippen molar-refractivity contribution in [1.29, 1.82) is 0 Å².